The third-order valence-corrected chi connectivity index (χ3v) is 4.83. The minimum atomic E-state index is 0.167. The monoisotopic (exact) mass is 302 g/mol. The number of nitrogens with one attached hydrogen (secondary N) is 2. The highest BCUT2D eigenvalue weighted by molar-refractivity contribution is 5.76. The Bertz CT molecular complexity index is 490. The highest BCUT2D eigenvalue weighted by Gasteiger charge is 2.33. The molecule has 4 heteroatoms. The van der Waals surface area contributed by atoms with Gasteiger partial charge in [0.2, 0.25) is 5.91 Å². The first kappa shape index (κ1) is 15.3. The zero-order chi connectivity index (χ0) is 15.4. The molecule has 0 aromatic heterocycles. The Morgan fingerprint density at radius 1 is 1.32 bits per heavy atom. The molecule has 3 rings (SSSR count). The van der Waals surface area contributed by atoms with Gasteiger partial charge < -0.3 is 15.4 Å². The van der Waals surface area contributed by atoms with Gasteiger partial charge >= 0.3 is 0 Å². The Morgan fingerprint density at radius 2 is 2.09 bits per heavy atom. The fraction of sp³-hybridized carbons (Fsp3) is 0.611. The van der Waals surface area contributed by atoms with Gasteiger partial charge in [-0.05, 0) is 68.3 Å². The zero-order valence-electron chi connectivity index (χ0n) is 13.3. The Hall–Kier alpha value is -1.55. The van der Waals surface area contributed by atoms with Crippen LogP contribution < -0.4 is 15.4 Å². The summed E-state index contributed by atoms with van der Waals surface area (Å²) in [6, 6.07) is 8.26. The average Bonchev–Trinajstić information content (AvgIpc) is 3.26. The van der Waals surface area contributed by atoms with Crippen LogP contribution in [0.5, 0.6) is 5.75 Å². The Morgan fingerprint density at radius 3 is 2.68 bits per heavy atom. The normalized spacial score (nSPS) is 22.3. The Kier molecular flexibility index (Phi) is 4.98. The van der Waals surface area contributed by atoms with Gasteiger partial charge in [-0.25, -0.2) is 0 Å². The van der Waals surface area contributed by atoms with Crippen molar-refractivity contribution in [3.05, 3.63) is 29.8 Å². The second-order valence-electron chi connectivity index (χ2n) is 6.55. The summed E-state index contributed by atoms with van der Waals surface area (Å²) < 4.78 is 5.21. The number of rotatable bonds is 7. The number of carbonyl (C=O) groups excluding carboxylic acids is 1. The SMILES string of the molecule is COc1ccc(C(NC(=O)CCC2CCNC2)C2CC2)cc1. The standard InChI is InChI=1S/C18H26N2O2/c1-22-16-7-5-15(6-8-16)18(14-3-4-14)20-17(21)9-2-13-10-11-19-12-13/h5-8,13-14,18-19H,2-4,9-12H2,1H3,(H,20,21). The van der Waals surface area contributed by atoms with E-state index in [2.05, 4.69) is 22.8 Å². The fourth-order valence-electron chi connectivity index (χ4n) is 3.26. The fourth-order valence-corrected chi connectivity index (χ4v) is 3.26. The van der Waals surface area contributed by atoms with Crippen LogP contribution in [0.4, 0.5) is 0 Å². The molecule has 0 spiro atoms. The van der Waals surface area contributed by atoms with Crippen LogP contribution in [0.25, 0.3) is 0 Å². The molecule has 1 amide bonds. The second kappa shape index (κ2) is 7.14. The maximum atomic E-state index is 12.3. The zero-order valence-corrected chi connectivity index (χ0v) is 13.3. The van der Waals surface area contributed by atoms with E-state index < -0.39 is 0 Å². The molecule has 1 saturated carbocycles. The largest absolute Gasteiger partial charge is 0.497 e. The van der Waals surface area contributed by atoms with E-state index in [4.69, 9.17) is 4.74 Å². The van der Waals surface area contributed by atoms with Gasteiger partial charge in [-0.2, -0.15) is 0 Å². The van der Waals surface area contributed by atoms with E-state index in [1.165, 1.54) is 24.8 Å². The lowest BCUT2D eigenvalue weighted by Crippen LogP contribution is -2.30. The van der Waals surface area contributed by atoms with Gasteiger partial charge in [-0.1, -0.05) is 12.1 Å². The molecule has 22 heavy (non-hydrogen) atoms. The molecule has 1 aliphatic heterocycles. The van der Waals surface area contributed by atoms with Crippen LogP contribution >= 0.6 is 0 Å². The van der Waals surface area contributed by atoms with E-state index in [1.54, 1.807) is 7.11 Å². The van der Waals surface area contributed by atoms with Crippen LogP contribution in [0.3, 0.4) is 0 Å². The summed E-state index contributed by atoms with van der Waals surface area (Å²) in [6.07, 6.45) is 5.27. The van der Waals surface area contributed by atoms with Crippen LogP contribution in [-0.2, 0) is 4.79 Å². The van der Waals surface area contributed by atoms with Gasteiger partial charge in [0.25, 0.3) is 0 Å². The number of hydrogen-bond donors (Lipinski definition) is 2. The van der Waals surface area contributed by atoms with Crippen LogP contribution in [0.2, 0.25) is 0 Å². The van der Waals surface area contributed by atoms with Crippen molar-refractivity contribution in [2.45, 2.75) is 38.1 Å². The first-order valence-corrected chi connectivity index (χ1v) is 8.40. The lowest BCUT2D eigenvalue weighted by Gasteiger charge is -2.19. The maximum Gasteiger partial charge on any atom is 0.220 e. The van der Waals surface area contributed by atoms with Gasteiger partial charge in [0, 0.05) is 6.42 Å². The lowest BCUT2D eigenvalue weighted by atomic mass is 10.00. The van der Waals surface area contributed by atoms with Crippen molar-refractivity contribution >= 4 is 5.91 Å². The van der Waals surface area contributed by atoms with Crippen molar-refractivity contribution in [1.29, 1.82) is 0 Å². The van der Waals surface area contributed by atoms with Crippen LogP contribution in [0, 0.1) is 11.8 Å². The first-order chi connectivity index (χ1) is 10.8. The molecule has 2 atom stereocenters. The lowest BCUT2D eigenvalue weighted by molar-refractivity contribution is -0.122. The third-order valence-electron chi connectivity index (χ3n) is 4.83. The summed E-state index contributed by atoms with van der Waals surface area (Å²) in [5, 5.41) is 6.61. The van der Waals surface area contributed by atoms with Crippen molar-refractivity contribution in [2.24, 2.45) is 11.8 Å². The summed E-state index contributed by atoms with van der Waals surface area (Å²) in [6.45, 7) is 2.17. The molecule has 1 heterocycles. The van der Waals surface area contributed by atoms with Gasteiger partial charge in [0.1, 0.15) is 5.75 Å². The molecule has 1 aliphatic carbocycles. The molecular weight excluding hydrogens is 276 g/mol. The molecule has 4 nitrogen and oxygen atoms in total. The van der Waals surface area contributed by atoms with Crippen LogP contribution in [0.15, 0.2) is 24.3 Å². The third kappa shape index (κ3) is 4.01. The smallest absolute Gasteiger partial charge is 0.220 e. The topological polar surface area (TPSA) is 50.4 Å². The van der Waals surface area contributed by atoms with E-state index in [0.717, 1.165) is 25.3 Å². The van der Waals surface area contributed by atoms with Gasteiger partial charge in [0.05, 0.1) is 13.2 Å². The average molecular weight is 302 g/mol. The van der Waals surface area contributed by atoms with E-state index >= 15 is 0 Å². The molecule has 1 saturated heterocycles. The highest BCUT2D eigenvalue weighted by atomic mass is 16.5. The van der Waals surface area contributed by atoms with Crippen LogP contribution in [-0.4, -0.2) is 26.1 Å². The Balaban J connectivity index is 1.55. The molecule has 2 N–H and O–H groups in total. The summed E-state index contributed by atoms with van der Waals surface area (Å²) in [7, 11) is 1.67. The Labute approximate surface area is 132 Å². The number of amides is 1. The van der Waals surface area contributed by atoms with E-state index in [1.807, 2.05) is 12.1 Å². The molecule has 2 fully saturated rings. The quantitative estimate of drug-likeness (QED) is 0.814. The second-order valence-corrected chi connectivity index (χ2v) is 6.55. The van der Waals surface area contributed by atoms with E-state index in [-0.39, 0.29) is 11.9 Å². The number of carbonyl (C=O) groups is 1. The number of ether oxygens (including phenoxy) is 1. The van der Waals surface area contributed by atoms with Crippen molar-refractivity contribution in [3.63, 3.8) is 0 Å². The molecule has 1 aromatic rings. The first-order valence-electron chi connectivity index (χ1n) is 8.40. The van der Waals surface area contributed by atoms with Crippen molar-refractivity contribution < 1.29 is 9.53 Å². The van der Waals surface area contributed by atoms with E-state index in [9.17, 15) is 4.79 Å². The molecule has 2 aliphatic rings. The van der Waals surface area contributed by atoms with Crippen LogP contribution in [0.1, 0.15) is 43.7 Å². The molecule has 0 radical (unpaired) electrons. The minimum Gasteiger partial charge on any atom is -0.497 e. The molecule has 120 valence electrons. The summed E-state index contributed by atoms with van der Waals surface area (Å²) >= 11 is 0. The number of benzene rings is 1. The van der Waals surface area contributed by atoms with Gasteiger partial charge in [-0.3, -0.25) is 4.79 Å². The molecular formula is C18H26N2O2. The predicted molar refractivity (Wildman–Crippen MR) is 86.8 cm³/mol. The summed E-state index contributed by atoms with van der Waals surface area (Å²) in [4.78, 5) is 12.3. The molecule has 2 unspecified atom stereocenters. The maximum absolute atomic E-state index is 12.3. The number of hydrogen-bond acceptors (Lipinski definition) is 3. The summed E-state index contributed by atoms with van der Waals surface area (Å²) in [5.74, 6) is 2.33. The van der Waals surface area contributed by atoms with E-state index in [0.29, 0.717) is 18.3 Å². The number of methoxy groups -OCH3 is 1. The molecule has 1 aromatic carbocycles. The predicted octanol–water partition coefficient (Wildman–Crippen LogP) is 2.65. The molecule has 0 bridgehead atoms. The minimum absolute atomic E-state index is 0.167. The van der Waals surface area contributed by atoms with Gasteiger partial charge in [0.15, 0.2) is 0 Å². The summed E-state index contributed by atoms with van der Waals surface area (Å²) in [5.41, 5.74) is 1.19. The van der Waals surface area contributed by atoms with Crippen molar-refractivity contribution in [3.8, 4) is 5.75 Å². The highest BCUT2D eigenvalue weighted by Crippen LogP contribution is 2.41. The van der Waals surface area contributed by atoms with Gasteiger partial charge in [-0.15, -0.1) is 0 Å². The van der Waals surface area contributed by atoms with Crippen molar-refractivity contribution in [1.82, 2.24) is 10.6 Å². The van der Waals surface area contributed by atoms with Crippen molar-refractivity contribution in [2.75, 3.05) is 20.2 Å².